The predicted octanol–water partition coefficient (Wildman–Crippen LogP) is 1.36. The normalized spacial score (nSPS) is 18.5. The van der Waals surface area contributed by atoms with E-state index in [0.29, 0.717) is 6.61 Å². The van der Waals surface area contributed by atoms with Crippen molar-refractivity contribution < 1.29 is 9.53 Å². The molecule has 1 aromatic rings. The van der Waals surface area contributed by atoms with Gasteiger partial charge in [-0.15, -0.1) is 0 Å². The third kappa shape index (κ3) is 4.04. The number of nitrogens with zero attached hydrogens (tertiary/aromatic N) is 3. The molecule has 21 heavy (non-hydrogen) atoms. The van der Waals surface area contributed by atoms with Crippen LogP contribution in [0.5, 0.6) is 0 Å². The Morgan fingerprint density at radius 2 is 2.24 bits per heavy atom. The molecular formula is C15H26N4O2. The topological polar surface area (TPSA) is 59.4 Å². The van der Waals surface area contributed by atoms with Gasteiger partial charge >= 0.3 is 5.97 Å². The lowest BCUT2D eigenvalue weighted by Crippen LogP contribution is -2.37. The molecule has 1 N–H and O–H groups in total. The molecule has 0 spiro atoms. The SMILES string of the molecule is CCOC(=O)C(c1cnn(C(C)C)c1)N1CCCNCC1. The van der Waals surface area contributed by atoms with Crippen molar-refractivity contribution in [1.29, 1.82) is 0 Å². The highest BCUT2D eigenvalue weighted by Gasteiger charge is 2.30. The van der Waals surface area contributed by atoms with Crippen LogP contribution in [0.2, 0.25) is 0 Å². The van der Waals surface area contributed by atoms with Crippen molar-refractivity contribution in [2.45, 2.75) is 39.3 Å². The Morgan fingerprint density at radius 3 is 2.90 bits per heavy atom. The summed E-state index contributed by atoms with van der Waals surface area (Å²) in [4.78, 5) is 14.6. The third-order valence-electron chi connectivity index (χ3n) is 3.72. The first kappa shape index (κ1) is 16.0. The molecule has 0 amide bonds. The first-order valence-electron chi connectivity index (χ1n) is 7.79. The van der Waals surface area contributed by atoms with E-state index in [1.54, 1.807) is 6.20 Å². The second-order valence-corrected chi connectivity index (χ2v) is 5.64. The van der Waals surface area contributed by atoms with Crippen molar-refractivity contribution in [3.8, 4) is 0 Å². The Kier molecular flexibility index (Phi) is 5.76. The van der Waals surface area contributed by atoms with Gasteiger partial charge < -0.3 is 10.1 Å². The number of ether oxygens (including phenoxy) is 1. The van der Waals surface area contributed by atoms with E-state index in [-0.39, 0.29) is 18.1 Å². The van der Waals surface area contributed by atoms with Crippen LogP contribution in [0.3, 0.4) is 0 Å². The van der Waals surface area contributed by atoms with Gasteiger partial charge in [0.25, 0.3) is 0 Å². The molecule has 2 rings (SSSR count). The molecule has 0 aromatic carbocycles. The molecule has 0 saturated carbocycles. The number of esters is 1. The van der Waals surface area contributed by atoms with Gasteiger partial charge in [0.05, 0.1) is 12.8 Å². The van der Waals surface area contributed by atoms with Crippen molar-refractivity contribution in [2.75, 3.05) is 32.8 Å². The first-order chi connectivity index (χ1) is 10.1. The van der Waals surface area contributed by atoms with Crippen molar-refractivity contribution >= 4 is 5.97 Å². The van der Waals surface area contributed by atoms with Gasteiger partial charge in [0.2, 0.25) is 0 Å². The van der Waals surface area contributed by atoms with Crippen LogP contribution < -0.4 is 5.32 Å². The van der Waals surface area contributed by atoms with Crippen LogP contribution in [0.25, 0.3) is 0 Å². The summed E-state index contributed by atoms with van der Waals surface area (Å²) in [6, 6.07) is -0.0651. The Hall–Kier alpha value is -1.40. The maximum atomic E-state index is 12.4. The van der Waals surface area contributed by atoms with Gasteiger partial charge in [-0.3, -0.25) is 9.58 Å². The van der Waals surface area contributed by atoms with Gasteiger partial charge in [-0.1, -0.05) is 0 Å². The number of nitrogens with one attached hydrogen (secondary N) is 1. The molecule has 1 aliphatic rings. The summed E-state index contributed by atoms with van der Waals surface area (Å²) >= 11 is 0. The molecule has 1 unspecified atom stereocenters. The minimum absolute atomic E-state index is 0.178. The molecule has 1 fully saturated rings. The third-order valence-corrected chi connectivity index (χ3v) is 3.72. The standard InChI is InChI=1S/C15H26N4O2/c1-4-21-15(20)14(18-8-5-6-16-7-9-18)13-10-17-19(11-13)12(2)3/h10-12,14,16H,4-9H2,1-3H3. The Morgan fingerprint density at radius 1 is 1.43 bits per heavy atom. The Labute approximate surface area is 126 Å². The fourth-order valence-corrected chi connectivity index (χ4v) is 2.62. The average molecular weight is 294 g/mol. The van der Waals surface area contributed by atoms with Gasteiger partial charge in [0.15, 0.2) is 0 Å². The Bertz CT molecular complexity index is 450. The lowest BCUT2D eigenvalue weighted by molar-refractivity contribution is -0.149. The molecule has 1 aliphatic heterocycles. The van der Waals surface area contributed by atoms with Crippen LogP contribution in [-0.2, 0) is 9.53 Å². The molecule has 1 saturated heterocycles. The second-order valence-electron chi connectivity index (χ2n) is 5.64. The van der Waals surface area contributed by atoms with Crippen LogP contribution in [-0.4, -0.2) is 53.4 Å². The number of rotatable bonds is 5. The summed E-state index contributed by atoms with van der Waals surface area (Å²) in [6.45, 7) is 10.0. The Balaban J connectivity index is 2.23. The van der Waals surface area contributed by atoms with Gasteiger partial charge in [0.1, 0.15) is 6.04 Å². The highest BCUT2D eigenvalue weighted by molar-refractivity contribution is 5.77. The van der Waals surface area contributed by atoms with Gasteiger partial charge in [0, 0.05) is 37.4 Å². The zero-order valence-corrected chi connectivity index (χ0v) is 13.2. The average Bonchev–Trinajstić information content (AvgIpc) is 2.77. The predicted molar refractivity (Wildman–Crippen MR) is 81.0 cm³/mol. The van der Waals surface area contributed by atoms with E-state index >= 15 is 0 Å². The van der Waals surface area contributed by atoms with E-state index in [0.717, 1.165) is 38.2 Å². The second kappa shape index (κ2) is 7.56. The maximum Gasteiger partial charge on any atom is 0.328 e. The molecule has 2 heterocycles. The molecule has 6 heteroatoms. The summed E-state index contributed by atoms with van der Waals surface area (Å²) in [7, 11) is 0. The van der Waals surface area contributed by atoms with Crippen molar-refractivity contribution in [1.82, 2.24) is 20.0 Å². The molecule has 0 aliphatic carbocycles. The fraction of sp³-hybridized carbons (Fsp3) is 0.733. The lowest BCUT2D eigenvalue weighted by atomic mass is 10.1. The minimum atomic E-state index is -0.350. The van der Waals surface area contributed by atoms with E-state index < -0.39 is 0 Å². The van der Waals surface area contributed by atoms with Crippen LogP contribution in [0.4, 0.5) is 0 Å². The number of carbonyl (C=O) groups is 1. The van der Waals surface area contributed by atoms with Gasteiger partial charge in [-0.05, 0) is 33.7 Å². The highest BCUT2D eigenvalue weighted by Crippen LogP contribution is 2.23. The lowest BCUT2D eigenvalue weighted by Gasteiger charge is -2.27. The molecule has 1 aromatic heterocycles. The summed E-state index contributed by atoms with van der Waals surface area (Å²) in [5.74, 6) is -0.178. The van der Waals surface area contributed by atoms with Crippen molar-refractivity contribution in [3.05, 3.63) is 18.0 Å². The zero-order valence-electron chi connectivity index (χ0n) is 13.2. The molecule has 6 nitrogen and oxygen atoms in total. The van der Waals surface area contributed by atoms with Gasteiger partial charge in [-0.25, -0.2) is 4.79 Å². The molecular weight excluding hydrogens is 268 g/mol. The number of hydrogen-bond donors (Lipinski definition) is 1. The minimum Gasteiger partial charge on any atom is -0.465 e. The fourth-order valence-electron chi connectivity index (χ4n) is 2.62. The van der Waals surface area contributed by atoms with E-state index in [9.17, 15) is 4.79 Å². The summed E-state index contributed by atoms with van der Waals surface area (Å²) in [5, 5.41) is 7.73. The van der Waals surface area contributed by atoms with E-state index in [1.807, 2.05) is 17.8 Å². The monoisotopic (exact) mass is 294 g/mol. The molecule has 0 bridgehead atoms. The molecule has 0 radical (unpaired) electrons. The molecule has 1 atom stereocenters. The summed E-state index contributed by atoms with van der Waals surface area (Å²) < 4.78 is 7.17. The first-order valence-corrected chi connectivity index (χ1v) is 7.79. The van der Waals surface area contributed by atoms with E-state index in [2.05, 4.69) is 29.2 Å². The zero-order chi connectivity index (χ0) is 15.2. The van der Waals surface area contributed by atoms with Crippen LogP contribution >= 0.6 is 0 Å². The van der Waals surface area contributed by atoms with Crippen LogP contribution in [0, 0.1) is 0 Å². The van der Waals surface area contributed by atoms with Crippen LogP contribution in [0.15, 0.2) is 12.4 Å². The summed E-state index contributed by atoms with van der Waals surface area (Å²) in [6.07, 6.45) is 4.79. The number of carbonyl (C=O) groups excluding carboxylic acids is 1. The van der Waals surface area contributed by atoms with E-state index in [4.69, 9.17) is 4.74 Å². The van der Waals surface area contributed by atoms with Crippen molar-refractivity contribution in [3.63, 3.8) is 0 Å². The van der Waals surface area contributed by atoms with Crippen molar-refractivity contribution in [2.24, 2.45) is 0 Å². The summed E-state index contributed by atoms with van der Waals surface area (Å²) in [5.41, 5.74) is 0.920. The molecule has 118 valence electrons. The van der Waals surface area contributed by atoms with Gasteiger partial charge in [-0.2, -0.15) is 5.10 Å². The number of hydrogen-bond acceptors (Lipinski definition) is 5. The van der Waals surface area contributed by atoms with Crippen LogP contribution in [0.1, 0.15) is 44.8 Å². The highest BCUT2D eigenvalue weighted by atomic mass is 16.5. The largest absolute Gasteiger partial charge is 0.465 e. The van der Waals surface area contributed by atoms with E-state index in [1.165, 1.54) is 0 Å². The quantitative estimate of drug-likeness (QED) is 0.831. The number of aromatic nitrogens is 2. The smallest absolute Gasteiger partial charge is 0.328 e. The maximum absolute atomic E-state index is 12.4.